The SMILES string of the molecule is S=C(NN=Cc1ccccc1)Nc1ccc(Oc2ccc(NC(=S)NN=Cc3ccccc3)cc2)cc1. The first-order valence-corrected chi connectivity index (χ1v) is 12.1. The largest absolute Gasteiger partial charge is 0.457 e. The van der Waals surface area contributed by atoms with Gasteiger partial charge >= 0.3 is 0 Å². The van der Waals surface area contributed by atoms with Gasteiger partial charge in [0.05, 0.1) is 12.4 Å². The minimum absolute atomic E-state index is 0.391. The summed E-state index contributed by atoms with van der Waals surface area (Å²) in [6.07, 6.45) is 3.41. The number of hydrogen-bond acceptors (Lipinski definition) is 5. The second kappa shape index (κ2) is 13.5. The van der Waals surface area contributed by atoms with Gasteiger partial charge in [-0.05, 0) is 84.1 Å². The molecule has 0 aliphatic heterocycles. The number of anilines is 2. The lowest BCUT2D eigenvalue weighted by molar-refractivity contribution is 0.483. The number of ether oxygens (including phenoxy) is 1. The molecule has 0 aliphatic rings. The zero-order chi connectivity index (χ0) is 25.7. The van der Waals surface area contributed by atoms with Crippen LogP contribution in [0.25, 0.3) is 0 Å². The molecule has 0 fully saturated rings. The molecule has 4 N–H and O–H groups in total. The maximum atomic E-state index is 5.93. The van der Waals surface area contributed by atoms with Gasteiger partial charge in [0.2, 0.25) is 0 Å². The van der Waals surface area contributed by atoms with Gasteiger partial charge in [-0.1, -0.05) is 60.7 Å². The lowest BCUT2D eigenvalue weighted by Gasteiger charge is -2.10. The highest BCUT2D eigenvalue weighted by Gasteiger charge is 2.02. The molecule has 0 amide bonds. The van der Waals surface area contributed by atoms with E-state index < -0.39 is 0 Å². The summed E-state index contributed by atoms with van der Waals surface area (Å²) in [6.45, 7) is 0. The molecule has 7 nitrogen and oxygen atoms in total. The molecule has 0 atom stereocenters. The monoisotopic (exact) mass is 524 g/mol. The van der Waals surface area contributed by atoms with Crippen LogP contribution in [0.5, 0.6) is 11.5 Å². The number of benzene rings is 4. The number of hydrogen-bond donors (Lipinski definition) is 4. The van der Waals surface area contributed by atoms with E-state index in [1.807, 2.05) is 109 Å². The summed E-state index contributed by atoms with van der Waals surface area (Å²) in [5, 5.41) is 15.2. The fourth-order valence-electron chi connectivity index (χ4n) is 3.08. The van der Waals surface area contributed by atoms with E-state index in [0.29, 0.717) is 21.7 Å². The number of rotatable bonds is 8. The molecule has 0 bridgehead atoms. The van der Waals surface area contributed by atoms with Gasteiger partial charge in [0.1, 0.15) is 11.5 Å². The van der Waals surface area contributed by atoms with Gasteiger partial charge in [-0.15, -0.1) is 0 Å². The van der Waals surface area contributed by atoms with Crippen LogP contribution in [0, 0.1) is 0 Å². The normalized spacial score (nSPS) is 10.7. The molecule has 4 rings (SSSR count). The second-order valence-electron chi connectivity index (χ2n) is 7.62. The van der Waals surface area contributed by atoms with E-state index in [1.165, 1.54) is 0 Å². The summed E-state index contributed by atoms with van der Waals surface area (Å²) < 4.78 is 5.93. The van der Waals surface area contributed by atoms with Crippen molar-refractivity contribution < 1.29 is 4.74 Å². The van der Waals surface area contributed by atoms with E-state index in [0.717, 1.165) is 22.5 Å². The van der Waals surface area contributed by atoms with E-state index >= 15 is 0 Å². The van der Waals surface area contributed by atoms with Gasteiger partial charge in [-0.25, -0.2) is 0 Å². The summed E-state index contributed by atoms with van der Waals surface area (Å²) in [5.41, 5.74) is 9.20. The Labute approximate surface area is 226 Å². The Balaban J connectivity index is 1.21. The van der Waals surface area contributed by atoms with Crippen molar-refractivity contribution in [2.24, 2.45) is 10.2 Å². The number of nitrogens with one attached hydrogen (secondary N) is 4. The zero-order valence-corrected chi connectivity index (χ0v) is 21.3. The van der Waals surface area contributed by atoms with Crippen LogP contribution in [0.1, 0.15) is 11.1 Å². The molecule has 0 aromatic heterocycles. The third-order valence-corrected chi connectivity index (χ3v) is 5.21. The highest BCUT2D eigenvalue weighted by molar-refractivity contribution is 7.80. The van der Waals surface area contributed by atoms with Crippen LogP contribution in [-0.4, -0.2) is 22.7 Å². The summed E-state index contributed by atoms with van der Waals surface area (Å²) in [5.74, 6) is 1.39. The lowest BCUT2D eigenvalue weighted by atomic mass is 10.2. The molecule has 184 valence electrons. The zero-order valence-electron chi connectivity index (χ0n) is 19.7. The van der Waals surface area contributed by atoms with Gasteiger partial charge in [0, 0.05) is 11.4 Å². The van der Waals surface area contributed by atoms with Gasteiger partial charge in [0.15, 0.2) is 10.2 Å². The molecular formula is C28H24N6OS2. The fourth-order valence-corrected chi connectivity index (χ4v) is 3.42. The number of nitrogens with zero attached hydrogens (tertiary/aromatic N) is 2. The van der Waals surface area contributed by atoms with Crippen LogP contribution in [0.2, 0.25) is 0 Å². The predicted octanol–water partition coefficient (Wildman–Crippen LogP) is 6.12. The maximum Gasteiger partial charge on any atom is 0.191 e. The van der Waals surface area contributed by atoms with Crippen molar-refractivity contribution in [3.05, 3.63) is 120 Å². The number of hydrazone groups is 2. The summed E-state index contributed by atoms with van der Waals surface area (Å²) in [7, 11) is 0. The Hall–Kier alpha value is -4.60. The number of thiocarbonyl (C=S) groups is 2. The van der Waals surface area contributed by atoms with Crippen LogP contribution >= 0.6 is 24.4 Å². The van der Waals surface area contributed by atoms with Gasteiger partial charge < -0.3 is 15.4 Å². The van der Waals surface area contributed by atoms with Crippen LogP contribution in [0.3, 0.4) is 0 Å². The molecule has 4 aromatic carbocycles. The predicted molar refractivity (Wildman–Crippen MR) is 160 cm³/mol. The topological polar surface area (TPSA) is 82.1 Å². The Morgan fingerprint density at radius 2 is 0.919 bits per heavy atom. The summed E-state index contributed by atoms with van der Waals surface area (Å²) >= 11 is 10.6. The minimum atomic E-state index is 0.391. The van der Waals surface area contributed by atoms with E-state index in [4.69, 9.17) is 29.2 Å². The summed E-state index contributed by atoms with van der Waals surface area (Å²) in [6, 6.07) is 34.5. The molecule has 0 saturated carbocycles. The molecular weight excluding hydrogens is 500 g/mol. The molecule has 0 saturated heterocycles. The maximum absolute atomic E-state index is 5.93. The van der Waals surface area contributed by atoms with Crippen molar-refractivity contribution >= 4 is 58.5 Å². The van der Waals surface area contributed by atoms with Crippen molar-refractivity contribution in [1.82, 2.24) is 10.9 Å². The molecule has 4 aromatic rings. The van der Waals surface area contributed by atoms with Crippen LogP contribution in [-0.2, 0) is 0 Å². The minimum Gasteiger partial charge on any atom is -0.457 e. The summed E-state index contributed by atoms with van der Waals surface area (Å²) in [4.78, 5) is 0. The molecule has 9 heteroatoms. The smallest absolute Gasteiger partial charge is 0.191 e. The van der Waals surface area contributed by atoms with Gasteiger partial charge in [-0.3, -0.25) is 10.9 Å². The van der Waals surface area contributed by atoms with Gasteiger partial charge in [-0.2, -0.15) is 10.2 Å². The van der Waals surface area contributed by atoms with Crippen LogP contribution in [0.15, 0.2) is 119 Å². The van der Waals surface area contributed by atoms with Gasteiger partial charge in [0.25, 0.3) is 0 Å². The highest BCUT2D eigenvalue weighted by atomic mass is 32.1. The molecule has 0 unspecified atom stereocenters. The van der Waals surface area contributed by atoms with E-state index in [1.54, 1.807) is 12.4 Å². The van der Waals surface area contributed by atoms with E-state index in [2.05, 4.69) is 31.7 Å². The molecule has 37 heavy (non-hydrogen) atoms. The van der Waals surface area contributed by atoms with Crippen molar-refractivity contribution in [2.45, 2.75) is 0 Å². The Kier molecular flexibility index (Phi) is 9.29. The van der Waals surface area contributed by atoms with Crippen LogP contribution < -0.4 is 26.2 Å². The second-order valence-corrected chi connectivity index (χ2v) is 8.44. The van der Waals surface area contributed by atoms with Crippen molar-refractivity contribution in [1.29, 1.82) is 0 Å². The first-order valence-electron chi connectivity index (χ1n) is 11.3. The van der Waals surface area contributed by atoms with E-state index in [-0.39, 0.29) is 0 Å². The average Bonchev–Trinajstić information content (AvgIpc) is 2.92. The molecule has 0 aliphatic carbocycles. The quantitative estimate of drug-likeness (QED) is 0.126. The molecule has 0 spiro atoms. The Morgan fingerprint density at radius 1 is 0.541 bits per heavy atom. The van der Waals surface area contributed by atoms with E-state index in [9.17, 15) is 0 Å². The Morgan fingerprint density at radius 3 is 1.30 bits per heavy atom. The van der Waals surface area contributed by atoms with Crippen molar-refractivity contribution in [2.75, 3.05) is 10.6 Å². The molecule has 0 radical (unpaired) electrons. The fraction of sp³-hybridized carbons (Fsp3) is 0. The van der Waals surface area contributed by atoms with Crippen molar-refractivity contribution in [3.63, 3.8) is 0 Å². The lowest BCUT2D eigenvalue weighted by Crippen LogP contribution is -2.23. The molecule has 0 heterocycles. The third kappa shape index (κ3) is 8.84. The van der Waals surface area contributed by atoms with Crippen molar-refractivity contribution in [3.8, 4) is 11.5 Å². The van der Waals surface area contributed by atoms with Crippen LogP contribution in [0.4, 0.5) is 11.4 Å². The first-order chi connectivity index (χ1) is 18.1. The third-order valence-electron chi connectivity index (χ3n) is 4.82. The highest BCUT2D eigenvalue weighted by Crippen LogP contribution is 2.24. The standard InChI is InChI=1S/C28H24N6OS2/c36-27(33-29-19-21-7-3-1-4-8-21)31-23-11-15-25(16-12-23)35-26-17-13-24(14-18-26)32-28(37)34-30-20-22-9-5-2-6-10-22/h1-20H,(H2,31,33,36)(H2,32,34,37). The average molecular weight is 525 g/mol. The first kappa shape index (κ1) is 25.5. The Bertz CT molecular complexity index is 1250.